The average molecular weight is 251 g/mol. The summed E-state index contributed by atoms with van der Waals surface area (Å²) in [5.41, 5.74) is 6.11. The number of amides is 1. The number of carbonyl (C=O) groups is 2. The first kappa shape index (κ1) is 14.0. The molecule has 0 aliphatic carbocycles. The molecule has 0 bridgehead atoms. The van der Waals surface area contributed by atoms with E-state index in [1.165, 1.54) is 6.92 Å². The third-order valence-electron chi connectivity index (χ3n) is 2.30. The maximum atomic E-state index is 11.3. The summed E-state index contributed by atoms with van der Waals surface area (Å²) in [5, 5.41) is 0. The second-order valence-electron chi connectivity index (χ2n) is 3.95. The number of aryl methyl sites for hydroxylation is 1. The second kappa shape index (κ2) is 6.64. The summed E-state index contributed by atoms with van der Waals surface area (Å²) in [6.45, 7) is 3.61. The number of primary amides is 1. The third kappa shape index (κ3) is 4.86. The van der Waals surface area contributed by atoms with Crippen molar-refractivity contribution in [2.45, 2.75) is 26.4 Å². The van der Waals surface area contributed by atoms with E-state index in [0.717, 1.165) is 5.56 Å². The number of ether oxygens (including phenoxy) is 2. The van der Waals surface area contributed by atoms with Crippen molar-refractivity contribution in [3.8, 4) is 5.75 Å². The zero-order valence-electron chi connectivity index (χ0n) is 10.5. The summed E-state index contributed by atoms with van der Waals surface area (Å²) in [6.07, 6.45) is -0.831. The zero-order valence-corrected chi connectivity index (χ0v) is 10.5. The number of rotatable bonds is 6. The highest BCUT2D eigenvalue weighted by molar-refractivity contribution is 5.81. The van der Waals surface area contributed by atoms with E-state index in [4.69, 9.17) is 15.2 Å². The van der Waals surface area contributed by atoms with Crippen LogP contribution in [0.15, 0.2) is 24.3 Å². The fourth-order valence-corrected chi connectivity index (χ4v) is 1.20. The van der Waals surface area contributed by atoms with Crippen LogP contribution in [-0.4, -0.2) is 24.6 Å². The smallest absolute Gasteiger partial charge is 0.310 e. The van der Waals surface area contributed by atoms with Crippen molar-refractivity contribution in [3.63, 3.8) is 0 Å². The molecule has 1 atom stereocenters. The molecule has 18 heavy (non-hydrogen) atoms. The lowest BCUT2D eigenvalue weighted by atomic mass is 10.2. The average Bonchev–Trinajstić information content (AvgIpc) is 2.31. The van der Waals surface area contributed by atoms with E-state index in [1.54, 1.807) is 0 Å². The van der Waals surface area contributed by atoms with Gasteiger partial charge in [-0.2, -0.15) is 0 Å². The van der Waals surface area contributed by atoms with Crippen molar-refractivity contribution in [2.75, 3.05) is 6.61 Å². The van der Waals surface area contributed by atoms with Crippen LogP contribution in [0.3, 0.4) is 0 Å². The molecule has 0 heterocycles. The largest absolute Gasteiger partial charge is 0.493 e. The summed E-state index contributed by atoms with van der Waals surface area (Å²) < 4.78 is 10.1. The maximum absolute atomic E-state index is 11.3. The number of hydrogen-bond donors (Lipinski definition) is 1. The summed E-state index contributed by atoms with van der Waals surface area (Å²) in [5.74, 6) is -0.479. The monoisotopic (exact) mass is 251 g/mol. The molecule has 0 saturated carbocycles. The summed E-state index contributed by atoms with van der Waals surface area (Å²) in [4.78, 5) is 22.0. The maximum Gasteiger partial charge on any atom is 0.310 e. The highest BCUT2D eigenvalue weighted by atomic mass is 16.5. The Labute approximate surface area is 106 Å². The van der Waals surface area contributed by atoms with E-state index in [-0.39, 0.29) is 13.0 Å². The third-order valence-corrected chi connectivity index (χ3v) is 2.30. The Bertz CT molecular complexity index is 414. The van der Waals surface area contributed by atoms with Crippen LogP contribution in [0.2, 0.25) is 0 Å². The minimum atomic E-state index is -0.906. The summed E-state index contributed by atoms with van der Waals surface area (Å²) in [6, 6.07) is 7.49. The van der Waals surface area contributed by atoms with Gasteiger partial charge < -0.3 is 15.2 Å². The molecule has 5 heteroatoms. The number of benzene rings is 1. The van der Waals surface area contributed by atoms with Gasteiger partial charge in [0, 0.05) is 0 Å². The van der Waals surface area contributed by atoms with Crippen LogP contribution in [-0.2, 0) is 14.3 Å². The normalized spacial score (nSPS) is 11.7. The molecule has 2 N–H and O–H groups in total. The van der Waals surface area contributed by atoms with Gasteiger partial charge in [0.25, 0.3) is 5.91 Å². The molecule has 0 aliphatic rings. The van der Waals surface area contributed by atoms with Gasteiger partial charge in [-0.1, -0.05) is 17.7 Å². The van der Waals surface area contributed by atoms with Crippen molar-refractivity contribution in [1.82, 2.24) is 0 Å². The molecule has 0 unspecified atom stereocenters. The van der Waals surface area contributed by atoms with Gasteiger partial charge in [0.15, 0.2) is 6.10 Å². The molecule has 1 aromatic carbocycles. The molecule has 0 saturated heterocycles. The molecule has 1 rings (SSSR count). The lowest BCUT2D eigenvalue weighted by molar-refractivity contribution is -0.154. The van der Waals surface area contributed by atoms with Crippen LogP contribution < -0.4 is 10.5 Å². The standard InChI is InChI=1S/C13H17NO4/c1-9-3-5-11(6-4-9)17-8-7-12(15)18-10(2)13(14)16/h3-6,10H,7-8H2,1-2H3,(H2,14,16)/t10-/m0/s1. The first-order valence-electron chi connectivity index (χ1n) is 5.67. The molecular weight excluding hydrogens is 234 g/mol. The second-order valence-corrected chi connectivity index (χ2v) is 3.95. The predicted octanol–water partition coefficient (Wildman–Crippen LogP) is 1.18. The Morgan fingerprint density at radius 1 is 1.28 bits per heavy atom. The van der Waals surface area contributed by atoms with E-state index in [1.807, 2.05) is 31.2 Å². The fraction of sp³-hybridized carbons (Fsp3) is 0.385. The molecule has 0 spiro atoms. The van der Waals surface area contributed by atoms with Gasteiger partial charge in [-0.3, -0.25) is 9.59 Å². The quantitative estimate of drug-likeness (QED) is 0.770. The van der Waals surface area contributed by atoms with Crippen LogP contribution >= 0.6 is 0 Å². The Morgan fingerprint density at radius 3 is 2.44 bits per heavy atom. The minimum Gasteiger partial charge on any atom is -0.493 e. The molecule has 0 aliphatic heterocycles. The lowest BCUT2D eigenvalue weighted by Crippen LogP contribution is -2.30. The van der Waals surface area contributed by atoms with Gasteiger partial charge in [0.1, 0.15) is 5.75 Å². The first-order valence-corrected chi connectivity index (χ1v) is 5.67. The van der Waals surface area contributed by atoms with Crippen LogP contribution in [0.1, 0.15) is 18.9 Å². The van der Waals surface area contributed by atoms with Crippen molar-refractivity contribution >= 4 is 11.9 Å². The van der Waals surface area contributed by atoms with E-state index < -0.39 is 18.0 Å². The van der Waals surface area contributed by atoms with Gasteiger partial charge >= 0.3 is 5.97 Å². The Morgan fingerprint density at radius 2 is 1.89 bits per heavy atom. The van der Waals surface area contributed by atoms with Crippen molar-refractivity contribution in [1.29, 1.82) is 0 Å². The Hall–Kier alpha value is -2.04. The number of carbonyl (C=O) groups excluding carboxylic acids is 2. The molecule has 0 aromatic heterocycles. The van der Waals surface area contributed by atoms with Crippen molar-refractivity contribution < 1.29 is 19.1 Å². The highest BCUT2D eigenvalue weighted by Crippen LogP contribution is 2.11. The van der Waals surface area contributed by atoms with Crippen LogP contribution in [0.5, 0.6) is 5.75 Å². The van der Waals surface area contributed by atoms with Gasteiger partial charge in [-0.15, -0.1) is 0 Å². The molecule has 0 fully saturated rings. The van der Waals surface area contributed by atoms with Gasteiger partial charge in [-0.05, 0) is 26.0 Å². The van der Waals surface area contributed by atoms with Gasteiger partial charge in [0.2, 0.25) is 0 Å². The minimum absolute atomic E-state index is 0.0749. The lowest BCUT2D eigenvalue weighted by Gasteiger charge is -2.10. The zero-order chi connectivity index (χ0) is 13.5. The molecule has 98 valence electrons. The SMILES string of the molecule is Cc1ccc(OCCC(=O)O[C@@H](C)C(N)=O)cc1. The number of esters is 1. The molecule has 0 radical (unpaired) electrons. The van der Waals surface area contributed by atoms with Crippen molar-refractivity contribution in [3.05, 3.63) is 29.8 Å². The molecule has 1 amide bonds. The first-order chi connectivity index (χ1) is 8.49. The van der Waals surface area contributed by atoms with Crippen molar-refractivity contribution in [2.24, 2.45) is 5.73 Å². The summed E-state index contributed by atoms with van der Waals surface area (Å²) in [7, 11) is 0. The van der Waals surface area contributed by atoms with E-state index in [9.17, 15) is 9.59 Å². The molecule has 1 aromatic rings. The van der Waals surface area contributed by atoms with E-state index in [0.29, 0.717) is 5.75 Å². The van der Waals surface area contributed by atoms with Crippen LogP contribution in [0.4, 0.5) is 0 Å². The predicted molar refractivity (Wildman–Crippen MR) is 66.0 cm³/mol. The van der Waals surface area contributed by atoms with E-state index in [2.05, 4.69) is 0 Å². The Kier molecular flexibility index (Phi) is 5.17. The summed E-state index contributed by atoms with van der Waals surface area (Å²) >= 11 is 0. The van der Waals surface area contributed by atoms with Crippen LogP contribution in [0.25, 0.3) is 0 Å². The topological polar surface area (TPSA) is 78.6 Å². The Balaban J connectivity index is 2.27. The molecular formula is C13H17NO4. The number of nitrogens with two attached hydrogens (primary N) is 1. The van der Waals surface area contributed by atoms with Crippen LogP contribution in [0, 0.1) is 6.92 Å². The van der Waals surface area contributed by atoms with Gasteiger partial charge in [-0.25, -0.2) is 0 Å². The van der Waals surface area contributed by atoms with Gasteiger partial charge in [0.05, 0.1) is 13.0 Å². The fourth-order valence-electron chi connectivity index (χ4n) is 1.20. The molecule has 5 nitrogen and oxygen atoms in total. The van der Waals surface area contributed by atoms with E-state index >= 15 is 0 Å². The number of hydrogen-bond acceptors (Lipinski definition) is 4. The highest BCUT2D eigenvalue weighted by Gasteiger charge is 2.14.